The molecule has 1 aromatic heterocycles. The van der Waals surface area contributed by atoms with Crippen LogP contribution in [0, 0.1) is 17.2 Å². The maximum absolute atomic E-state index is 13.0. The highest BCUT2D eigenvalue weighted by molar-refractivity contribution is 6.04. The standard InChI is InChI=1S/C30H36N6O4/c1-35(27(37)18-21-6-2-3-7-21)24-13-14-26-25(19-24)33-30(34-29(40)23-11-9-22(20-31)10-12-23)36(26)17-16-32-15-5-4-8-28(38)39/h9-14,19,21,32H,2-8,15-18H2,1H3,(H,38,39)(H,33,34,40). The van der Waals surface area contributed by atoms with Crippen LogP contribution in [0.15, 0.2) is 42.5 Å². The summed E-state index contributed by atoms with van der Waals surface area (Å²) in [7, 11) is 1.79. The van der Waals surface area contributed by atoms with E-state index >= 15 is 0 Å². The summed E-state index contributed by atoms with van der Waals surface area (Å²) in [4.78, 5) is 43.0. The maximum Gasteiger partial charge on any atom is 0.303 e. The Morgan fingerprint density at radius 2 is 1.85 bits per heavy atom. The second-order valence-electron chi connectivity index (χ2n) is 10.3. The monoisotopic (exact) mass is 544 g/mol. The number of carbonyl (C=O) groups excluding carboxylic acids is 2. The third kappa shape index (κ3) is 7.45. The molecule has 1 saturated carbocycles. The molecule has 1 aliphatic rings. The van der Waals surface area contributed by atoms with E-state index in [1.165, 1.54) is 12.8 Å². The zero-order valence-corrected chi connectivity index (χ0v) is 22.9. The lowest BCUT2D eigenvalue weighted by atomic mass is 10.0. The van der Waals surface area contributed by atoms with E-state index in [0.29, 0.717) is 61.0 Å². The summed E-state index contributed by atoms with van der Waals surface area (Å²) < 4.78 is 1.92. The number of amides is 2. The number of fused-ring (bicyclic) bond motifs is 1. The highest BCUT2D eigenvalue weighted by Gasteiger charge is 2.22. The molecule has 2 amide bonds. The van der Waals surface area contributed by atoms with Crippen LogP contribution in [0.5, 0.6) is 0 Å². The van der Waals surface area contributed by atoms with Gasteiger partial charge in [-0.05, 0) is 80.6 Å². The summed E-state index contributed by atoms with van der Waals surface area (Å²) in [6.07, 6.45) is 6.67. The first-order valence-electron chi connectivity index (χ1n) is 13.9. The van der Waals surface area contributed by atoms with E-state index in [1.807, 2.05) is 28.8 Å². The number of unbranched alkanes of at least 4 members (excludes halogenated alkanes) is 1. The fraction of sp³-hybridized carbons (Fsp3) is 0.433. The average molecular weight is 545 g/mol. The van der Waals surface area contributed by atoms with Gasteiger partial charge in [-0.3, -0.25) is 19.7 Å². The van der Waals surface area contributed by atoms with Crippen LogP contribution in [0.1, 0.15) is 67.3 Å². The molecular formula is C30H36N6O4. The van der Waals surface area contributed by atoms with Crippen LogP contribution < -0.4 is 15.5 Å². The number of nitrogens with one attached hydrogen (secondary N) is 2. The molecule has 0 saturated heterocycles. The van der Waals surface area contributed by atoms with Crippen LogP contribution in [-0.4, -0.2) is 52.6 Å². The number of imidazole rings is 1. The van der Waals surface area contributed by atoms with E-state index < -0.39 is 5.97 Å². The van der Waals surface area contributed by atoms with Gasteiger partial charge in [0.15, 0.2) is 0 Å². The zero-order valence-electron chi connectivity index (χ0n) is 22.9. The van der Waals surface area contributed by atoms with E-state index in [9.17, 15) is 14.4 Å². The summed E-state index contributed by atoms with van der Waals surface area (Å²) in [5.41, 5.74) is 3.11. The van der Waals surface area contributed by atoms with E-state index in [4.69, 9.17) is 15.4 Å². The lowest BCUT2D eigenvalue weighted by molar-refractivity contribution is -0.137. The van der Waals surface area contributed by atoms with Crippen molar-refractivity contribution in [1.29, 1.82) is 5.26 Å². The minimum atomic E-state index is -0.794. The SMILES string of the molecule is CN(C(=O)CC1CCCC1)c1ccc2c(c1)nc(NC(=O)c1ccc(C#N)cc1)n2CCNCCCCC(=O)O. The first kappa shape index (κ1) is 28.8. The Balaban J connectivity index is 1.51. The van der Waals surface area contributed by atoms with Gasteiger partial charge in [0.25, 0.3) is 5.91 Å². The third-order valence-electron chi connectivity index (χ3n) is 7.44. The van der Waals surface area contributed by atoms with E-state index in [0.717, 1.165) is 30.5 Å². The quantitative estimate of drug-likeness (QED) is 0.268. The molecule has 3 aromatic rings. The van der Waals surface area contributed by atoms with Crippen molar-refractivity contribution in [3.8, 4) is 6.07 Å². The second-order valence-corrected chi connectivity index (χ2v) is 10.3. The van der Waals surface area contributed by atoms with Gasteiger partial charge in [-0.1, -0.05) is 12.8 Å². The number of nitriles is 1. The van der Waals surface area contributed by atoms with Gasteiger partial charge in [-0.2, -0.15) is 5.26 Å². The number of aliphatic carboxylic acids is 1. The number of hydrogen-bond donors (Lipinski definition) is 3. The van der Waals surface area contributed by atoms with E-state index in [-0.39, 0.29) is 18.2 Å². The van der Waals surface area contributed by atoms with Crippen LogP contribution in [-0.2, 0) is 16.1 Å². The topological polar surface area (TPSA) is 140 Å². The molecular weight excluding hydrogens is 508 g/mol. The van der Waals surface area contributed by atoms with Gasteiger partial charge < -0.3 is 19.9 Å². The van der Waals surface area contributed by atoms with Crippen LogP contribution in [0.25, 0.3) is 11.0 Å². The number of carboxylic acid groups (broad SMARTS) is 1. The van der Waals surface area contributed by atoms with Gasteiger partial charge in [0.05, 0.1) is 22.7 Å². The van der Waals surface area contributed by atoms with Crippen LogP contribution in [0.4, 0.5) is 11.6 Å². The van der Waals surface area contributed by atoms with Crippen molar-refractivity contribution in [1.82, 2.24) is 14.9 Å². The summed E-state index contributed by atoms with van der Waals surface area (Å²) >= 11 is 0. The van der Waals surface area contributed by atoms with E-state index in [1.54, 1.807) is 36.2 Å². The number of carboxylic acids is 1. The van der Waals surface area contributed by atoms with Gasteiger partial charge >= 0.3 is 5.97 Å². The van der Waals surface area contributed by atoms with E-state index in [2.05, 4.69) is 10.6 Å². The largest absolute Gasteiger partial charge is 0.481 e. The predicted molar refractivity (Wildman–Crippen MR) is 153 cm³/mol. The lowest BCUT2D eigenvalue weighted by Gasteiger charge is -2.19. The van der Waals surface area contributed by atoms with Crippen molar-refractivity contribution in [2.75, 3.05) is 30.4 Å². The number of rotatable bonds is 13. The van der Waals surface area contributed by atoms with Crippen LogP contribution in [0.2, 0.25) is 0 Å². The Labute approximate surface area is 234 Å². The van der Waals surface area contributed by atoms with Gasteiger partial charge in [-0.15, -0.1) is 0 Å². The number of hydrogen-bond acceptors (Lipinski definition) is 6. The molecule has 0 spiro atoms. The number of carbonyl (C=O) groups is 3. The van der Waals surface area contributed by atoms with Gasteiger partial charge in [0.2, 0.25) is 11.9 Å². The molecule has 1 heterocycles. The summed E-state index contributed by atoms with van der Waals surface area (Å²) in [6.45, 7) is 1.80. The molecule has 210 valence electrons. The Bertz CT molecular complexity index is 1390. The Hall–Kier alpha value is -4.23. The summed E-state index contributed by atoms with van der Waals surface area (Å²) in [5, 5.41) is 24.1. The molecule has 10 heteroatoms. The van der Waals surface area contributed by atoms with Crippen molar-refractivity contribution in [3.05, 3.63) is 53.6 Å². The number of nitrogens with zero attached hydrogens (tertiary/aromatic N) is 4. The van der Waals surface area contributed by atoms with Crippen molar-refractivity contribution < 1.29 is 19.5 Å². The number of aromatic nitrogens is 2. The highest BCUT2D eigenvalue weighted by atomic mass is 16.4. The van der Waals surface area contributed by atoms with Gasteiger partial charge in [0, 0.05) is 44.2 Å². The minimum Gasteiger partial charge on any atom is -0.481 e. The Morgan fingerprint density at radius 1 is 1.10 bits per heavy atom. The molecule has 2 aromatic carbocycles. The van der Waals surface area contributed by atoms with Crippen molar-refractivity contribution in [2.24, 2.45) is 5.92 Å². The lowest BCUT2D eigenvalue weighted by Crippen LogP contribution is -2.27. The first-order valence-corrected chi connectivity index (χ1v) is 13.9. The normalized spacial score (nSPS) is 13.3. The minimum absolute atomic E-state index is 0.0899. The average Bonchev–Trinajstić information content (AvgIpc) is 3.59. The molecule has 3 N–H and O–H groups in total. The first-order chi connectivity index (χ1) is 19.4. The van der Waals surface area contributed by atoms with Crippen molar-refractivity contribution >= 4 is 40.5 Å². The number of benzene rings is 2. The molecule has 0 atom stereocenters. The maximum atomic E-state index is 13.0. The van der Waals surface area contributed by atoms with Crippen molar-refractivity contribution in [3.63, 3.8) is 0 Å². The Kier molecular flexibility index (Phi) is 9.86. The number of anilines is 2. The molecule has 1 fully saturated rings. The molecule has 4 rings (SSSR count). The molecule has 0 radical (unpaired) electrons. The fourth-order valence-electron chi connectivity index (χ4n) is 5.10. The second kappa shape index (κ2) is 13.7. The molecule has 40 heavy (non-hydrogen) atoms. The third-order valence-corrected chi connectivity index (χ3v) is 7.44. The zero-order chi connectivity index (χ0) is 28.5. The molecule has 0 unspecified atom stereocenters. The summed E-state index contributed by atoms with van der Waals surface area (Å²) in [5.74, 6) is -0.204. The van der Waals surface area contributed by atoms with Crippen molar-refractivity contribution in [2.45, 2.75) is 57.9 Å². The van der Waals surface area contributed by atoms with Crippen LogP contribution >= 0.6 is 0 Å². The van der Waals surface area contributed by atoms with Gasteiger partial charge in [0.1, 0.15) is 0 Å². The van der Waals surface area contributed by atoms with Gasteiger partial charge in [-0.25, -0.2) is 4.98 Å². The fourth-order valence-corrected chi connectivity index (χ4v) is 5.10. The molecule has 10 nitrogen and oxygen atoms in total. The molecule has 1 aliphatic carbocycles. The smallest absolute Gasteiger partial charge is 0.303 e. The molecule has 0 bridgehead atoms. The van der Waals surface area contributed by atoms with Crippen LogP contribution in [0.3, 0.4) is 0 Å². The summed E-state index contributed by atoms with van der Waals surface area (Å²) in [6, 6.07) is 14.1. The Morgan fingerprint density at radius 3 is 2.55 bits per heavy atom. The molecule has 0 aliphatic heterocycles. The highest BCUT2D eigenvalue weighted by Crippen LogP contribution is 2.30. The predicted octanol–water partition coefficient (Wildman–Crippen LogP) is 4.55.